The van der Waals surface area contributed by atoms with Gasteiger partial charge in [-0.2, -0.15) is 0 Å². The Morgan fingerprint density at radius 2 is 2.57 bits per heavy atom. The quantitative estimate of drug-likeness (QED) is 0.311. The molecule has 3 heteroatoms. The maximum absolute atomic E-state index is 9.44. The molecule has 0 radical (unpaired) electrons. The molecule has 1 N–H and O–H groups in total. The molecular weight excluding hydrogens is 94.0 g/mol. The molecule has 42 valence electrons. The SMILES string of the molecule is CCCONC=O. The highest BCUT2D eigenvalue weighted by Crippen LogP contribution is 1.71. The topological polar surface area (TPSA) is 38.3 Å². The van der Waals surface area contributed by atoms with Crippen molar-refractivity contribution in [1.29, 1.82) is 0 Å². The van der Waals surface area contributed by atoms with Crippen molar-refractivity contribution in [2.45, 2.75) is 13.3 Å². The molecule has 0 aromatic heterocycles. The second kappa shape index (κ2) is 5.43. The van der Waals surface area contributed by atoms with Crippen LogP contribution < -0.4 is 5.48 Å². The van der Waals surface area contributed by atoms with E-state index in [-0.39, 0.29) is 0 Å². The Balaban J connectivity index is 2.56. The van der Waals surface area contributed by atoms with Crippen LogP contribution in [0.25, 0.3) is 0 Å². The minimum atomic E-state index is 0.510. The van der Waals surface area contributed by atoms with Crippen molar-refractivity contribution in [2.24, 2.45) is 0 Å². The lowest BCUT2D eigenvalue weighted by atomic mass is 10.5. The summed E-state index contributed by atoms with van der Waals surface area (Å²) in [6.07, 6.45) is 1.43. The predicted octanol–water partition coefficient (Wildman–Crippen LogP) is 0.0740. The van der Waals surface area contributed by atoms with Gasteiger partial charge >= 0.3 is 0 Å². The van der Waals surface area contributed by atoms with E-state index in [1.54, 1.807) is 0 Å². The van der Waals surface area contributed by atoms with Crippen molar-refractivity contribution in [3.63, 3.8) is 0 Å². The van der Waals surface area contributed by atoms with Crippen LogP contribution in [0.5, 0.6) is 0 Å². The smallest absolute Gasteiger partial charge is 0.230 e. The van der Waals surface area contributed by atoms with E-state index in [2.05, 4.69) is 10.3 Å². The van der Waals surface area contributed by atoms with Crippen LogP contribution in [-0.4, -0.2) is 13.0 Å². The van der Waals surface area contributed by atoms with E-state index in [0.29, 0.717) is 13.0 Å². The van der Waals surface area contributed by atoms with Gasteiger partial charge in [-0.15, -0.1) is 0 Å². The van der Waals surface area contributed by atoms with Gasteiger partial charge in [0.25, 0.3) is 0 Å². The summed E-state index contributed by atoms with van der Waals surface area (Å²) >= 11 is 0. The summed E-state index contributed by atoms with van der Waals surface area (Å²) in [5.41, 5.74) is 2.07. The first-order chi connectivity index (χ1) is 3.41. The average molecular weight is 103 g/mol. The summed E-state index contributed by atoms with van der Waals surface area (Å²) in [4.78, 5) is 14.0. The first-order valence-corrected chi connectivity index (χ1v) is 2.22. The van der Waals surface area contributed by atoms with Gasteiger partial charge in [-0.1, -0.05) is 6.92 Å². The number of hydroxylamine groups is 1. The van der Waals surface area contributed by atoms with Gasteiger partial charge in [-0.25, -0.2) is 5.48 Å². The number of carbonyl (C=O) groups is 1. The van der Waals surface area contributed by atoms with E-state index < -0.39 is 0 Å². The minimum Gasteiger partial charge on any atom is -0.277 e. The van der Waals surface area contributed by atoms with Gasteiger partial charge in [-0.05, 0) is 6.42 Å². The maximum atomic E-state index is 9.44. The largest absolute Gasteiger partial charge is 0.277 e. The zero-order chi connectivity index (χ0) is 5.54. The molecule has 0 bridgehead atoms. The van der Waals surface area contributed by atoms with E-state index >= 15 is 0 Å². The Hall–Kier alpha value is -0.570. The van der Waals surface area contributed by atoms with E-state index in [1.807, 2.05) is 6.92 Å². The molecule has 0 atom stereocenters. The number of amides is 1. The zero-order valence-corrected chi connectivity index (χ0v) is 4.31. The van der Waals surface area contributed by atoms with Crippen LogP contribution in [0.2, 0.25) is 0 Å². The van der Waals surface area contributed by atoms with E-state index in [0.717, 1.165) is 6.42 Å². The fourth-order valence-corrected chi connectivity index (χ4v) is 0.195. The van der Waals surface area contributed by atoms with Crippen molar-refractivity contribution >= 4 is 6.41 Å². The molecule has 0 spiro atoms. The van der Waals surface area contributed by atoms with Gasteiger partial charge in [-0.3, -0.25) is 9.63 Å². The van der Waals surface area contributed by atoms with Crippen LogP contribution in [0.15, 0.2) is 0 Å². The van der Waals surface area contributed by atoms with Crippen molar-refractivity contribution in [3.05, 3.63) is 0 Å². The Morgan fingerprint density at radius 3 is 3.00 bits per heavy atom. The molecular formula is C4H9NO2. The molecule has 0 unspecified atom stereocenters. The summed E-state index contributed by atoms with van der Waals surface area (Å²) in [5, 5.41) is 0. The number of carbonyl (C=O) groups excluding carboxylic acids is 1. The molecule has 0 aromatic rings. The number of rotatable bonds is 4. The van der Waals surface area contributed by atoms with Gasteiger partial charge in [0.1, 0.15) is 0 Å². The number of hydrogen-bond donors (Lipinski definition) is 1. The second-order valence-electron chi connectivity index (χ2n) is 1.08. The molecule has 0 heterocycles. The molecule has 0 aliphatic rings. The molecule has 0 aliphatic heterocycles. The van der Waals surface area contributed by atoms with Crippen LogP contribution in [0.1, 0.15) is 13.3 Å². The molecule has 7 heavy (non-hydrogen) atoms. The lowest BCUT2D eigenvalue weighted by molar-refractivity contribution is -0.120. The Morgan fingerprint density at radius 1 is 1.86 bits per heavy atom. The lowest BCUT2D eigenvalue weighted by Gasteiger charge is -1.93. The molecule has 0 aromatic carbocycles. The van der Waals surface area contributed by atoms with Crippen LogP contribution >= 0.6 is 0 Å². The van der Waals surface area contributed by atoms with Crippen molar-refractivity contribution in [1.82, 2.24) is 5.48 Å². The molecule has 0 saturated heterocycles. The highest BCUT2D eigenvalue weighted by molar-refractivity contribution is 5.43. The maximum Gasteiger partial charge on any atom is 0.230 e. The third kappa shape index (κ3) is 5.43. The van der Waals surface area contributed by atoms with E-state index in [4.69, 9.17) is 0 Å². The Labute approximate surface area is 42.6 Å². The Bertz CT molecular complexity index is 47.0. The monoisotopic (exact) mass is 103 g/mol. The van der Waals surface area contributed by atoms with Crippen molar-refractivity contribution in [3.8, 4) is 0 Å². The average Bonchev–Trinajstić information content (AvgIpc) is 1.69. The molecule has 0 saturated carbocycles. The van der Waals surface area contributed by atoms with Crippen LogP contribution in [0.3, 0.4) is 0 Å². The first-order valence-electron chi connectivity index (χ1n) is 2.22. The second-order valence-corrected chi connectivity index (χ2v) is 1.08. The van der Waals surface area contributed by atoms with Crippen LogP contribution in [0.4, 0.5) is 0 Å². The van der Waals surface area contributed by atoms with Crippen LogP contribution in [0, 0.1) is 0 Å². The van der Waals surface area contributed by atoms with Gasteiger partial charge in [0.2, 0.25) is 6.41 Å². The standard InChI is InChI=1S/C4H9NO2/c1-2-3-7-5-4-6/h4H,2-3H2,1H3,(H,5,6). The molecule has 0 aliphatic carbocycles. The number of hydrogen-bond acceptors (Lipinski definition) is 2. The normalized spacial score (nSPS) is 8.14. The zero-order valence-electron chi connectivity index (χ0n) is 4.31. The summed E-state index contributed by atoms with van der Waals surface area (Å²) in [6, 6.07) is 0. The van der Waals surface area contributed by atoms with Gasteiger partial charge in [0.15, 0.2) is 0 Å². The summed E-state index contributed by atoms with van der Waals surface area (Å²) in [6.45, 7) is 2.55. The van der Waals surface area contributed by atoms with Gasteiger partial charge in [0, 0.05) is 0 Å². The molecule has 3 nitrogen and oxygen atoms in total. The number of nitrogens with one attached hydrogen (secondary N) is 1. The highest BCUT2D eigenvalue weighted by Gasteiger charge is 1.75. The van der Waals surface area contributed by atoms with Gasteiger partial charge < -0.3 is 0 Å². The van der Waals surface area contributed by atoms with E-state index in [1.165, 1.54) is 0 Å². The van der Waals surface area contributed by atoms with Crippen molar-refractivity contribution < 1.29 is 9.63 Å². The third-order valence-corrected chi connectivity index (χ3v) is 0.438. The predicted molar refractivity (Wildman–Crippen MR) is 25.4 cm³/mol. The Kier molecular flexibility index (Phi) is 4.99. The first kappa shape index (κ1) is 6.43. The van der Waals surface area contributed by atoms with E-state index in [9.17, 15) is 4.79 Å². The molecule has 0 fully saturated rings. The fourth-order valence-electron chi connectivity index (χ4n) is 0.195. The molecule has 1 amide bonds. The summed E-state index contributed by atoms with van der Waals surface area (Å²) < 4.78 is 0. The molecule has 0 rings (SSSR count). The third-order valence-electron chi connectivity index (χ3n) is 0.438. The summed E-state index contributed by atoms with van der Waals surface area (Å²) in [5.74, 6) is 0. The minimum absolute atomic E-state index is 0.510. The summed E-state index contributed by atoms with van der Waals surface area (Å²) in [7, 11) is 0. The lowest BCUT2D eigenvalue weighted by Crippen LogP contribution is -2.11. The highest BCUT2D eigenvalue weighted by atomic mass is 16.6. The van der Waals surface area contributed by atoms with Crippen LogP contribution in [-0.2, 0) is 9.63 Å². The van der Waals surface area contributed by atoms with Gasteiger partial charge in [0.05, 0.1) is 6.61 Å². The fraction of sp³-hybridized carbons (Fsp3) is 0.750. The van der Waals surface area contributed by atoms with Crippen molar-refractivity contribution in [2.75, 3.05) is 6.61 Å².